The average Bonchev–Trinajstić information content (AvgIpc) is 2.82. The van der Waals surface area contributed by atoms with Gasteiger partial charge in [-0.2, -0.15) is 0 Å². The second-order valence-corrected chi connectivity index (χ2v) is 9.09. The fourth-order valence-corrected chi connectivity index (χ4v) is 6.27. The standard InChI is InChI=1S/C19H29N3O2S/c23-17-15(25-18(24)22-17)11-13-7-8-16-19(12-13,21-10-9-20-16)14-5-3-1-2-4-6-14/h11,13-14,16,20-21H,1-10,12H2,(H,22,23,24)/b15-11-. The van der Waals surface area contributed by atoms with Gasteiger partial charge in [0.15, 0.2) is 0 Å². The van der Waals surface area contributed by atoms with Crippen molar-refractivity contribution in [3.05, 3.63) is 11.0 Å². The molecule has 2 heterocycles. The molecular formula is C19H29N3O2S. The number of hydrogen-bond donors (Lipinski definition) is 3. The topological polar surface area (TPSA) is 70.2 Å². The lowest BCUT2D eigenvalue weighted by Gasteiger charge is -2.54. The number of thioether (sulfide) groups is 1. The molecular weight excluding hydrogens is 334 g/mol. The summed E-state index contributed by atoms with van der Waals surface area (Å²) in [5.74, 6) is 0.891. The van der Waals surface area contributed by atoms with E-state index in [1.54, 1.807) is 0 Å². The number of fused-ring (bicyclic) bond motifs is 1. The van der Waals surface area contributed by atoms with E-state index >= 15 is 0 Å². The van der Waals surface area contributed by atoms with Gasteiger partial charge in [-0.25, -0.2) is 0 Å². The minimum Gasteiger partial charge on any atom is -0.311 e. The van der Waals surface area contributed by atoms with Crippen molar-refractivity contribution >= 4 is 22.9 Å². The van der Waals surface area contributed by atoms with E-state index in [0.717, 1.165) is 50.0 Å². The quantitative estimate of drug-likeness (QED) is 0.520. The van der Waals surface area contributed by atoms with Gasteiger partial charge < -0.3 is 10.6 Å². The number of hydrogen-bond acceptors (Lipinski definition) is 5. The normalized spacial score (nSPS) is 39.1. The summed E-state index contributed by atoms with van der Waals surface area (Å²) >= 11 is 1.06. The Morgan fingerprint density at radius 1 is 1.00 bits per heavy atom. The van der Waals surface area contributed by atoms with Gasteiger partial charge in [0.2, 0.25) is 0 Å². The average molecular weight is 364 g/mol. The number of carbonyl (C=O) groups is 2. The number of rotatable bonds is 2. The van der Waals surface area contributed by atoms with Crippen molar-refractivity contribution in [2.75, 3.05) is 13.1 Å². The van der Waals surface area contributed by atoms with Crippen LogP contribution in [0.25, 0.3) is 0 Å². The van der Waals surface area contributed by atoms with E-state index in [9.17, 15) is 9.59 Å². The summed E-state index contributed by atoms with van der Waals surface area (Å²) in [5.41, 5.74) is 0.159. The Morgan fingerprint density at radius 3 is 2.52 bits per heavy atom. The molecule has 3 unspecified atom stereocenters. The van der Waals surface area contributed by atoms with Crippen LogP contribution >= 0.6 is 11.8 Å². The molecule has 2 saturated carbocycles. The molecule has 4 fully saturated rings. The second-order valence-electron chi connectivity index (χ2n) is 8.08. The fourth-order valence-electron chi connectivity index (χ4n) is 5.52. The fraction of sp³-hybridized carbons (Fsp3) is 0.789. The molecule has 3 N–H and O–H groups in total. The summed E-state index contributed by atoms with van der Waals surface area (Å²) in [6, 6.07) is 0.547. The lowest BCUT2D eigenvalue weighted by atomic mass is 9.63. The molecule has 0 aromatic carbocycles. The van der Waals surface area contributed by atoms with Crippen molar-refractivity contribution in [3.63, 3.8) is 0 Å². The molecule has 0 aromatic heterocycles. The second kappa shape index (κ2) is 7.41. The van der Waals surface area contributed by atoms with Crippen LogP contribution in [-0.4, -0.2) is 35.8 Å². The number of nitrogens with one attached hydrogen (secondary N) is 3. The van der Waals surface area contributed by atoms with Crippen molar-refractivity contribution in [1.82, 2.24) is 16.0 Å². The molecule has 6 heteroatoms. The maximum atomic E-state index is 11.9. The maximum Gasteiger partial charge on any atom is 0.290 e. The zero-order chi connectivity index (χ0) is 17.3. The van der Waals surface area contributed by atoms with Crippen LogP contribution in [0.15, 0.2) is 11.0 Å². The Hall–Kier alpha value is -0.850. The van der Waals surface area contributed by atoms with E-state index in [4.69, 9.17) is 0 Å². The van der Waals surface area contributed by atoms with Crippen LogP contribution in [0, 0.1) is 11.8 Å². The third-order valence-corrected chi connectivity index (χ3v) is 7.46. The third kappa shape index (κ3) is 3.53. The highest BCUT2D eigenvalue weighted by Gasteiger charge is 2.49. The lowest BCUT2D eigenvalue weighted by Crippen LogP contribution is -2.70. The Labute approximate surface area is 154 Å². The Bertz CT molecular complexity index is 571. The summed E-state index contributed by atoms with van der Waals surface area (Å²) in [6.07, 6.45) is 13.5. The zero-order valence-corrected chi connectivity index (χ0v) is 15.6. The molecule has 0 radical (unpaired) electrons. The Kier molecular flexibility index (Phi) is 5.20. The van der Waals surface area contributed by atoms with Gasteiger partial charge in [0.25, 0.3) is 11.1 Å². The summed E-state index contributed by atoms with van der Waals surface area (Å²) in [5, 5.41) is 9.88. The SMILES string of the molecule is O=C1NC(=O)/C(=C/C2CCC3NCCNC3(C3CCCCCC3)C2)S1. The minimum atomic E-state index is -0.235. The number of piperazine rings is 1. The first-order valence-electron chi connectivity index (χ1n) is 9.91. The summed E-state index contributed by atoms with van der Waals surface area (Å²) in [4.78, 5) is 24.0. The van der Waals surface area contributed by atoms with Crippen molar-refractivity contribution in [2.45, 2.75) is 69.4 Å². The predicted octanol–water partition coefficient (Wildman–Crippen LogP) is 2.92. The number of carbonyl (C=O) groups excluding carboxylic acids is 2. The smallest absolute Gasteiger partial charge is 0.290 e. The van der Waals surface area contributed by atoms with E-state index in [1.165, 1.54) is 38.5 Å². The molecule has 2 amide bonds. The monoisotopic (exact) mass is 363 g/mol. The molecule has 0 aromatic rings. The summed E-state index contributed by atoms with van der Waals surface area (Å²) in [6.45, 7) is 2.08. The van der Waals surface area contributed by atoms with Crippen LogP contribution in [0.3, 0.4) is 0 Å². The molecule has 25 heavy (non-hydrogen) atoms. The van der Waals surface area contributed by atoms with Gasteiger partial charge in [0, 0.05) is 24.7 Å². The van der Waals surface area contributed by atoms with E-state index in [0.29, 0.717) is 16.9 Å². The van der Waals surface area contributed by atoms with Crippen molar-refractivity contribution < 1.29 is 9.59 Å². The molecule has 5 nitrogen and oxygen atoms in total. The van der Waals surface area contributed by atoms with E-state index < -0.39 is 0 Å². The van der Waals surface area contributed by atoms with Crippen LogP contribution in [0.4, 0.5) is 4.79 Å². The van der Waals surface area contributed by atoms with Gasteiger partial charge in [-0.3, -0.25) is 14.9 Å². The highest BCUT2D eigenvalue weighted by Crippen LogP contribution is 2.45. The molecule has 0 bridgehead atoms. The van der Waals surface area contributed by atoms with Crippen LogP contribution in [0.1, 0.15) is 57.8 Å². The minimum absolute atomic E-state index is 0.159. The molecule has 2 aliphatic carbocycles. The first kappa shape index (κ1) is 17.6. The molecule has 0 spiro atoms. The van der Waals surface area contributed by atoms with Crippen molar-refractivity contribution in [2.24, 2.45) is 11.8 Å². The van der Waals surface area contributed by atoms with Crippen molar-refractivity contribution in [3.8, 4) is 0 Å². The molecule has 4 rings (SSSR count). The third-order valence-electron chi connectivity index (χ3n) is 6.63. The number of imide groups is 1. The van der Waals surface area contributed by atoms with Gasteiger partial charge in [0.1, 0.15) is 0 Å². The molecule has 3 atom stereocenters. The molecule has 138 valence electrons. The summed E-state index contributed by atoms with van der Waals surface area (Å²) in [7, 11) is 0. The lowest BCUT2D eigenvalue weighted by molar-refractivity contribution is -0.115. The van der Waals surface area contributed by atoms with Crippen LogP contribution in [0.5, 0.6) is 0 Å². The van der Waals surface area contributed by atoms with E-state index in [-0.39, 0.29) is 16.7 Å². The Balaban J connectivity index is 1.56. The van der Waals surface area contributed by atoms with Crippen LogP contribution in [-0.2, 0) is 4.79 Å². The summed E-state index contributed by atoms with van der Waals surface area (Å²) < 4.78 is 0. The van der Waals surface area contributed by atoms with Crippen LogP contribution < -0.4 is 16.0 Å². The number of amides is 2. The van der Waals surface area contributed by atoms with Crippen LogP contribution in [0.2, 0.25) is 0 Å². The van der Waals surface area contributed by atoms with Gasteiger partial charge in [-0.05, 0) is 55.7 Å². The van der Waals surface area contributed by atoms with Crippen molar-refractivity contribution in [1.29, 1.82) is 0 Å². The van der Waals surface area contributed by atoms with Gasteiger partial charge in [-0.1, -0.05) is 31.8 Å². The largest absolute Gasteiger partial charge is 0.311 e. The predicted molar refractivity (Wildman–Crippen MR) is 100 cm³/mol. The maximum absolute atomic E-state index is 11.9. The first-order chi connectivity index (χ1) is 12.2. The van der Waals surface area contributed by atoms with Gasteiger partial charge in [-0.15, -0.1) is 0 Å². The van der Waals surface area contributed by atoms with E-state index in [2.05, 4.69) is 22.0 Å². The highest BCUT2D eigenvalue weighted by atomic mass is 32.2. The first-order valence-corrected chi connectivity index (χ1v) is 10.7. The molecule has 2 saturated heterocycles. The van der Waals surface area contributed by atoms with E-state index in [1.807, 2.05) is 0 Å². The zero-order valence-electron chi connectivity index (χ0n) is 14.8. The van der Waals surface area contributed by atoms with Gasteiger partial charge >= 0.3 is 0 Å². The molecule has 2 aliphatic heterocycles. The highest BCUT2D eigenvalue weighted by molar-refractivity contribution is 8.18. The number of allylic oxidation sites excluding steroid dienone is 1. The van der Waals surface area contributed by atoms with Gasteiger partial charge in [0.05, 0.1) is 4.91 Å². The molecule has 4 aliphatic rings. The Morgan fingerprint density at radius 2 is 1.80 bits per heavy atom.